The summed E-state index contributed by atoms with van der Waals surface area (Å²) < 4.78 is 13.3. The number of benzene rings is 2. The summed E-state index contributed by atoms with van der Waals surface area (Å²) in [5, 5.41) is 3.52. The van der Waals surface area contributed by atoms with Gasteiger partial charge in [0.1, 0.15) is 17.5 Å². The van der Waals surface area contributed by atoms with E-state index in [1.54, 1.807) is 44.3 Å². The minimum Gasteiger partial charge on any atom is -0.496 e. The minimum atomic E-state index is -1.04. The van der Waals surface area contributed by atoms with Crippen LogP contribution in [-0.4, -0.2) is 100 Å². The largest absolute Gasteiger partial charge is 0.496 e. The van der Waals surface area contributed by atoms with Crippen LogP contribution in [0.5, 0.6) is 11.5 Å². The third-order valence-corrected chi connectivity index (χ3v) is 11.1. The molecule has 0 saturated carbocycles. The molecule has 1 spiro atoms. The van der Waals surface area contributed by atoms with Crippen molar-refractivity contribution in [2.75, 3.05) is 40.4 Å². The number of ether oxygens (including phenoxy) is 2. The molecule has 8 rings (SSSR count). The smallest absolute Gasteiger partial charge is 0.262 e. The monoisotopic (exact) mass is 742 g/mol. The number of methoxy groups -OCH3 is 2. The Labute approximate surface area is 316 Å². The second-order valence-corrected chi connectivity index (χ2v) is 14.6. The number of carbonyl (C=O) groups is 5. The number of fused-ring (bicyclic) bond motifs is 2. The number of carbonyl (C=O) groups excluding carboxylic acids is 5. The first kappa shape index (κ1) is 35.7. The summed E-state index contributed by atoms with van der Waals surface area (Å²) in [6.07, 6.45) is 6.09. The first-order chi connectivity index (χ1) is 26.5. The van der Waals surface area contributed by atoms with Crippen LogP contribution in [0.1, 0.15) is 57.5 Å². The van der Waals surface area contributed by atoms with Gasteiger partial charge in [-0.1, -0.05) is 11.8 Å². The van der Waals surface area contributed by atoms with E-state index in [4.69, 9.17) is 9.47 Å². The molecule has 0 radical (unpaired) electrons. The second-order valence-electron chi connectivity index (χ2n) is 14.6. The highest BCUT2D eigenvalue weighted by Gasteiger charge is 2.49. The number of imide groups is 2. The van der Waals surface area contributed by atoms with Crippen LogP contribution in [0.15, 0.2) is 59.8 Å². The fourth-order valence-electron chi connectivity index (χ4n) is 8.36. The Morgan fingerprint density at radius 1 is 0.945 bits per heavy atom. The fourth-order valence-corrected chi connectivity index (χ4v) is 8.36. The molecule has 4 aliphatic rings. The Balaban J connectivity index is 0.893. The number of amides is 5. The van der Waals surface area contributed by atoms with E-state index in [1.807, 2.05) is 29.3 Å². The van der Waals surface area contributed by atoms with Crippen molar-refractivity contribution in [2.24, 2.45) is 12.5 Å². The van der Waals surface area contributed by atoms with Gasteiger partial charge >= 0.3 is 0 Å². The molecule has 14 heteroatoms. The maximum atomic E-state index is 13.2. The maximum absolute atomic E-state index is 13.2. The van der Waals surface area contributed by atoms with Crippen LogP contribution in [0.3, 0.4) is 0 Å². The van der Waals surface area contributed by atoms with Crippen molar-refractivity contribution in [1.82, 2.24) is 29.6 Å². The fraction of sp³-hybridized carbons (Fsp3) is 0.341. The van der Waals surface area contributed by atoms with Crippen molar-refractivity contribution in [2.45, 2.75) is 38.3 Å². The van der Waals surface area contributed by atoms with E-state index < -0.39 is 29.7 Å². The van der Waals surface area contributed by atoms with Gasteiger partial charge < -0.3 is 18.9 Å². The zero-order valence-electron chi connectivity index (χ0n) is 30.6. The highest BCUT2D eigenvalue weighted by Crippen LogP contribution is 2.43. The SMILES string of the molecule is COc1cc(-c2cn(C)c(=O)c3cnccc23)cc(OC)c1CN1CC2(CCN(C(=O)CC#Cc3ccc4c(c3)C(=O)N(C3CCC(=O)NC3=O)C4=O)C2)C1. The number of likely N-dealkylation sites (tertiary alicyclic amines) is 2. The van der Waals surface area contributed by atoms with E-state index in [0.29, 0.717) is 42.1 Å². The molecule has 3 saturated heterocycles. The van der Waals surface area contributed by atoms with Gasteiger partial charge in [-0.05, 0) is 60.2 Å². The topological polar surface area (TPSA) is 160 Å². The number of hydrogen-bond acceptors (Lipinski definition) is 10. The van der Waals surface area contributed by atoms with Crippen LogP contribution in [0.25, 0.3) is 21.9 Å². The van der Waals surface area contributed by atoms with Gasteiger partial charge in [0.2, 0.25) is 17.7 Å². The molecule has 4 aromatic rings. The predicted octanol–water partition coefficient (Wildman–Crippen LogP) is 2.50. The van der Waals surface area contributed by atoms with Crippen molar-refractivity contribution in [3.63, 3.8) is 0 Å². The number of aryl methyl sites for hydroxylation is 1. The number of nitrogens with one attached hydrogen (secondary N) is 1. The van der Waals surface area contributed by atoms with Crippen molar-refractivity contribution < 1.29 is 33.4 Å². The van der Waals surface area contributed by atoms with E-state index in [0.717, 1.165) is 46.5 Å². The summed E-state index contributed by atoms with van der Waals surface area (Å²) in [6, 6.07) is 9.37. The van der Waals surface area contributed by atoms with Crippen LogP contribution in [0.2, 0.25) is 0 Å². The standard InChI is InChI=1S/C41H38N6O8/c1-44-19-30(26-11-13-42-18-29(26)38(44)51)25-16-33(54-2)31(34(17-25)55-3)20-45-21-41(22-45)12-14-46(23-41)36(49)6-4-5-24-7-8-27-28(15-24)40(53)47(39(27)52)32-9-10-35(48)43-37(32)50/h7-8,11,13,15-19,32H,6,9-10,12,14,20-23H2,1-3H3,(H,43,48,50). The lowest BCUT2D eigenvalue weighted by atomic mass is 9.79. The van der Waals surface area contributed by atoms with Crippen LogP contribution in [0, 0.1) is 17.3 Å². The molecule has 3 fully saturated rings. The molecule has 2 aromatic carbocycles. The van der Waals surface area contributed by atoms with Gasteiger partial charge in [-0.15, -0.1) is 0 Å². The predicted molar refractivity (Wildman–Crippen MR) is 199 cm³/mol. The molecule has 1 atom stereocenters. The Morgan fingerprint density at radius 2 is 1.69 bits per heavy atom. The highest BCUT2D eigenvalue weighted by molar-refractivity contribution is 6.23. The van der Waals surface area contributed by atoms with Gasteiger partial charge in [-0.2, -0.15) is 0 Å². The minimum absolute atomic E-state index is 0.00738. The van der Waals surface area contributed by atoms with Gasteiger partial charge in [0.15, 0.2) is 0 Å². The Kier molecular flexibility index (Phi) is 8.97. The normalized spacial score (nSPS) is 18.9. The van der Waals surface area contributed by atoms with Crippen LogP contribution in [0.4, 0.5) is 0 Å². The van der Waals surface area contributed by atoms with E-state index in [-0.39, 0.29) is 47.3 Å². The maximum Gasteiger partial charge on any atom is 0.262 e. The molecule has 14 nitrogen and oxygen atoms in total. The number of pyridine rings is 2. The average Bonchev–Trinajstić information content (AvgIpc) is 3.72. The highest BCUT2D eigenvalue weighted by atomic mass is 16.5. The van der Waals surface area contributed by atoms with Gasteiger partial charge in [0.05, 0.1) is 42.7 Å². The molecule has 280 valence electrons. The van der Waals surface area contributed by atoms with Gasteiger partial charge in [0, 0.05) is 81.3 Å². The molecule has 55 heavy (non-hydrogen) atoms. The summed E-state index contributed by atoms with van der Waals surface area (Å²) in [6.45, 7) is 3.51. The van der Waals surface area contributed by atoms with E-state index in [2.05, 4.69) is 27.0 Å². The Morgan fingerprint density at radius 3 is 2.42 bits per heavy atom. The molecule has 0 aliphatic carbocycles. The summed E-state index contributed by atoms with van der Waals surface area (Å²) >= 11 is 0. The zero-order chi connectivity index (χ0) is 38.6. The van der Waals surface area contributed by atoms with Crippen molar-refractivity contribution in [3.05, 3.63) is 87.6 Å². The van der Waals surface area contributed by atoms with Crippen molar-refractivity contribution in [3.8, 4) is 34.5 Å². The van der Waals surface area contributed by atoms with Gasteiger partial charge in [-0.25, -0.2) is 0 Å². The molecule has 1 N–H and O–H groups in total. The summed E-state index contributed by atoms with van der Waals surface area (Å²) in [5.74, 6) is 4.89. The van der Waals surface area contributed by atoms with Gasteiger partial charge in [-0.3, -0.25) is 48.9 Å². The van der Waals surface area contributed by atoms with Crippen LogP contribution >= 0.6 is 0 Å². The number of nitrogens with zero attached hydrogens (tertiary/aromatic N) is 5. The molecule has 2 aromatic heterocycles. The molecule has 5 amide bonds. The number of aromatic nitrogens is 2. The van der Waals surface area contributed by atoms with Crippen LogP contribution < -0.4 is 20.3 Å². The van der Waals surface area contributed by atoms with E-state index in [9.17, 15) is 28.8 Å². The van der Waals surface area contributed by atoms with Crippen molar-refractivity contribution >= 4 is 40.3 Å². The van der Waals surface area contributed by atoms with Gasteiger partial charge in [0.25, 0.3) is 17.4 Å². The Bertz CT molecular complexity index is 2430. The van der Waals surface area contributed by atoms with E-state index >= 15 is 0 Å². The van der Waals surface area contributed by atoms with Crippen LogP contribution in [-0.2, 0) is 28.0 Å². The summed E-state index contributed by atoms with van der Waals surface area (Å²) in [4.78, 5) is 85.3. The molecule has 4 aliphatic heterocycles. The molecular formula is C41H38N6O8. The lowest BCUT2D eigenvalue weighted by Crippen LogP contribution is -2.57. The first-order valence-electron chi connectivity index (χ1n) is 18.0. The quantitative estimate of drug-likeness (QED) is 0.220. The number of piperidine rings is 1. The van der Waals surface area contributed by atoms with E-state index in [1.165, 1.54) is 12.1 Å². The second kappa shape index (κ2) is 13.8. The number of hydrogen-bond donors (Lipinski definition) is 1. The molecule has 1 unspecified atom stereocenters. The molecule has 6 heterocycles. The first-order valence-corrected chi connectivity index (χ1v) is 18.0. The Hall–Kier alpha value is -6.33. The molecular weight excluding hydrogens is 704 g/mol. The lowest BCUT2D eigenvalue weighted by Gasteiger charge is -2.48. The summed E-state index contributed by atoms with van der Waals surface area (Å²) in [7, 11) is 4.99. The molecule has 0 bridgehead atoms. The third kappa shape index (κ3) is 6.30. The average molecular weight is 743 g/mol. The number of rotatable bonds is 7. The third-order valence-electron chi connectivity index (χ3n) is 11.1. The van der Waals surface area contributed by atoms with Crippen molar-refractivity contribution in [1.29, 1.82) is 0 Å². The zero-order valence-corrected chi connectivity index (χ0v) is 30.6. The summed E-state index contributed by atoms with van der Waals surface area (Å²) in [5.41, 5.74) is 3.31. The lowest BCUT2D eigenvalue weighted by molar-refractivity contribution is -0.136.